The van der Waals surface area contributed by atoms with Crippen molar-refractivity contribution in [2.75, 3.05) is 39.8 Å². The first-order valence-electron chi connectivity index (χ1n) is 10.2. The second-order valence-corrected chi connectivity index (χ2v) is 7.43. The number of hydrogen-bond donors (Lipinski definition) is 1. The number of benzene rings is 2. The molecule has 6 nitrogen and oxygen atoms in total. The number of nitrogens with zero attached hydrogens (tertiary/aromatic N) is 3. The average molecular weight is 409 g/mol. The summed E-state index contributed by atoms with van der Waals surface area (Å²) in [6.45, 7) is 6.58. The van der Waals surface area contributed by atoms with Gasteiger partial charge in [0.05, 0.1) is 51.2 Å². The van der Waals surface area contributed by atoms with Gasteiger partial charge in [-0.3, -0.25) is 4.79 Å². The van der Waals surface area contributed by atoms with Crippen molar-refractivity contribution in [3.05, 3.63) is 66.1 Å². The molecule has 0 radical (unpaired) electrons. The van der Waals surface area contributed by atoms with Crippen molar-refractivity contribution in [2.24, 2.45) is 0 Å². The lowest BCUT2D eigenvalue weighted by atomic mass is 10.1. The van der Waals surface area contributed by atoms with Crippen LogP contribution in [0.3, 0.4) is 0 Å². The molecule has 0 saturated carbocycles. The van der Waals surface area contributed by atoms with E-state index in [0.29, 0.717) is 11.4 Å². The number of rotatable bonds is 5. The number of carbonyl (C=O) groups is 1. The Labute approximate surface area is 175 Å². The van der Waals surface area contributed by atoms with Crippen LogP contribution in [0.2, 0.25) is 0 Å². The zero-order chi connectivity index (χ0) is 21.1. The summed E-state index contributed by atoms with van der Waals surface area (Å²) in [4.78, 5) is 16.8. The van der Waals surface area contributed by atoms with E-state index < -0.39 is 0 Å². The number of aromatic nitrogens is 2. The van der Waals surface area contributed by atoms with E-state index >= 15 is 0 Å². The summed E-state index contributed by atoms with van der Waals surface area (Å²) in [7, 11) is 1.61. The molecule has 0 aliphatic carbocycles. The number of ether oxygens (including phenoxy) is 1. The lowest BCUT2D eigenvalue weighted by molar-refractivity contribution is -0.902. The van der Waals surface area contributed by atoms with Crippen LogP contribution in [-0.4, -0.2) is 60.4 Å². The number of nitrogens with one attached hydrogen (secondary N) is 1. The van der Waals surface area contributed by atoms with Crippen LogP contribution in [0.15, 0.2) is 54.6 Å². The number of amides is 1. The molecule has 1 amide bonds. The summed E-state index contributed by atoms with van der Waals surface area (Å²) >= 11 is 0. The fourth-order valence-corrected chi connectivity index (χ4v) is 3.76. The highest BCUT2D eigenvalue weighted by atomic mass is 19.1. The van der Waals surface area contributed by atoms with Crippen LogP contribution < -0.4 is 9.64 Å². The Morgan fingerprint density at radius 2 is 1.77 bits per heavy atom. The van der Waals surface area contributed by atoms with Gasteiger partial charge < -0.3 is 14.5 Å². The van der Waals surface area contributed by atoms with E-state index in [1.807, 2.05) is 29.2 Å². The average Bonchev–Trinajstić information content (AvgIpc) is 3.24. The molecule has 0 unspecified atom stereocenters. The van der Waals surface area contributed by atoms with Gasteiger partial charge in [0.1, 0.15) is 17.3 Å². The largest absolute Gasteiger partial charge is 0.497 e. The third-order valence-electron chi connectivity index (χ3n) is 5.64. The molecular formula is C23H26FN4O2+. The highest BCUT2D eigenvalue weighted by molar-refractivity contribution is 5.94. The van der Waals surface area contributed by atoms with Crippen molar-refractivity contribution < 1.29 is 18.8 Å². The van der Waals surface area contributed by atoms with Crippen LogP contribution in [0.5, 0.6) is 5.75 Å². The third kappa shape index (κ3) is 4.07. The predicted molar refractivity (Wildman–Crippen MR) is 113 cm³/mol. The molecule has 0 spiro atoms. The van der Waals surface area contributed by atoms with E-state index in [2.05, 4.69) is 12.0 Å². The summed E-state index contributed by atoms with van der Waals surface area (Å²) in [5.74, 6) is 0.388. The fourth-order valence-electron chi connectivity index (χ4n) is 3.76. The van der Waals surface area contributed by atoms with E-state index in [1.165, 1.54) is 17.0 Å². The summed E-state index contributed by atoms with van der Waals surface area (Å²) < 4.78 is 20.3. The molecule has 0 atom stereocenters. The highest BCUT2D eigenvalue weighted by Crippen LogP contribution is 2.24. The van der Waals surface area contributed by atoms with Gasteiger partial charge in [0.25, 0.3) is 5.91 Å². The number of hydrogen-bond acceptors (Lipinski definition) is 3. The molecule has 1 aliphatic heterocycles. The van der Waals surface area contributed by atoms with Crippen LogP contribution in [0.25, 0.3) is 16.9 Å². The van der Waals surface area contributed by atoms with Crippen molar-refractivity contribution in [1.29, 1.82) is 0 Å². The summed E-state index contributed by atoms with van der Waals surface area (Å²) in [6, 6.07) is 15.4. The maximum Gasteiger partial charge on any atom is 0.273 e. The first kappa shape index (κ1) is 20.1. The summed E-state index contributed by atoms with van der Waals surface area (Å²) in [6.07, 6.45) is 0. The second-order valence-electron chi connectivity index (χ2n) is 7.43. The SMILES string of the molecule is CC[NH+]1CCN(C(=O)c2cc(-c3ccc(F)cc3)nn2-c2ccc(OC)cc2)CC1. The van der Waals surface area contributed by atoms with Crippen molar-refractivity contribution in [1.82, 2.24) is 14.7 Å². The second kappa shape index (κ2) is 8.67. The molecule has 1 fully saturated rings. The molecule has 7 heteroatoms. The fraction of sp³-hybridized carbons (Fsp3) is 0.304. The maximum absolute atomic E-state index is 13.4. The van der Waals surface area contributed by atoms with E-state index in [4.69, 9.17) is 4.74 Å². The smallest absolute Gasteiger partial charge is 0.273 e. The summed E-state index contributed by atoms with van der Waals surface area (Å²) in [5, 5.41) is 4.68. The van der Waals surface area contributed by atoms with Crippen molar-refractivity contribution in [2.45, 2.75) is 6.92 Å². The number of carbonyl (C=O) groups excluding carboxylic acids is 1. The molecule has 30 heavy (non-hydrogen) atoms. The molecule has 2 heterocycles. The van der Waals surface area contributed by atoms with Crippen molar-refractivity contribution in [3.8, 4) is 22.7 Å². The minimum absolute atomic E-state index is 0.0400. The predicted octanol–water partition coefficient (Wildman–Crippen LogP) is 2.05. The van der Waals surface area contributed by atoms with Gasteiger partial charge in [-0.1, -0.05) is 0 Å². The van der Waals surface area contributed by atoms with Crippen LogP contribution >= 0.6 is 0 Å². The number of piperazine rings is 1. The summed E-state index contributed by atoms with van der Waals surface area (Å²) in [5.41, 5.74) is 2.66. The molecule has 2 aromatic carbocycles. The Bertz CT molecular complexity index is 1010. The lowest BCUT2D eigenvalue weighted by Crippen LogP contribution is -3.14. The molecule has 156 valence electrons. The van der Waals surface area contributed by atoms with Gasteiger partial charge in [-0.15, -0.1) is 0 Å². The molecule has 4 rings (SSSR count). The first-order chi connectivity index (χ1) is 14.6. The van der Waals surface area contributed by atoms with Gasteiger partial charge in [-0.25, -0.2) is 9.07 Å². The Morgan fingerprint density at radius 3 is 2.37 bits per heavy atom. The molecule has 1 N–H and O–H groups in total. The molecule has 1 aromatic heterocycles. The minimum atomic E-state index is -0.305. The topological polar surface area (TPSA) is 51.8 Å². The van der Waals surface area contributed by atoms with E-state index in [1.54, 1.807) is 30.0 Å². The van der Waals surface area contributed by atoms with Crippen molar-refractivity contribution >= 4 is 5.91 Å². The van der Waals surface area contributed by atoms with Gasteiger partial charge in [0, 0.05) is 5.56 Å². The van der Waals surface area contributed by atoms with Gasteiger partial charge in [0.2, 0.25) is 0 Å². The van der Waals surface area contributed by atoms with E-state index in [-0.39, 0.29) is 11.7 Å². The maximum atomic E-state index is 13.4. The van der Waals surface area contributed by atoms with Gasteiger partial charge in [0.15, 0.2) is 0 Å². The Hall–Kier alpha value is -3.19. The Balaban J connectivity index is 1.71. The molecule has 0 bridgehead atoms. The number of halogens is 1. The number of methoxy groups -OCH3 is 1. The van der Waals surface area contributed by atoms with E-state index in [9.17, 15) is 9.18 Å². The quantitative estimate of drug-likeness (QED) is 0.702. The molecule has 3 aromatic rings. The third-order valence-corrected chi connectivity index (χ3v) is 5.64. The van der Waals surface area contributed by atoms with Crippen LogP contribution in [0, 0.1) is 5.82 Å². The van der Waals surface area contributed by atoms with Gasteiger partial charge in [-0.05, 0) is 61.5 Å². The monoisotopic (exact) mass is 409 g/mol. The number of quaternary nitrogens is 1. The molecule has 1 aliphatic rings. The number of likely N-dealkylation sites (N-methyl/N-ethyl adjacent to an activating group) is 1. The standard InChI is InChI=1S/C23H25FN4O2/c1-3-26-12-14-27(15-13-26)23(29)22-16-21(17-4-6-18(24)7-5-17)25-28(22)19-8-10-20(30-2)11-9-19/h4-11,16H,3,12-15H2,1-2H3/p+1. The lowest BCUT2D eigenvalue weighted by Gasteiger charge is -2.31. The highest BCUT2D eigenvalue weighted by Gasteiger charge is 2.27. The minimum Gasteiger partial charge on any atom is -0.497 e. The van der Waals surface area contributed by atoms with Gasteiger partial charge in [-0.2, -0.15) is 5.10 Å². The van der Waals surface area contributed by atoms with Crippen molar-refractivity contribution in [3.63, 3.8) is 0 Å². The van der Waals surface area contributed by atoms with Crippen LogP contribution in [0.4, 0.5) is 4.39 Å². The Morgan fingerprint density at radius 1 is 1.10 bits per heavy atom. The zero-order valence-corrected chi connectivity index (χ0v) is 17.3. The zero-order valence-electron chi connectivity index (χ0n) is 17.3. The van der Waals surface area contributed by atoms with Gasteiger partial charge >= 0.3 is 0 Å². The Kier molecular flexibility index (Phi) is 5.81. The molecule has 1 saturated heterocycles. The normalized spacial score (nSPS) is 14.7. The van der Waals surface area contributed by atoms with Crippen LogP contribution in [0.1, 0.15) is 17.4 Å². The van der Waals surface area contributed by atoms with Crippen LogP contribution in [-0.2, 0) is 0 Å². The van der Waals surface area contributed by atoms with E-state index in [0.717, 1.165) is 49.7 Å². The first-order valence-corrected chi connectivity index (χ1v) is 10.2. The molecular weight excluding hydrogens is 383 g/mol.